The third-order valence-corrected chi connectivity index (χ3v) is 5.43. The first-order valence-corrected chi connectivity index (χ1v) is 9.56. The van der Waals surface area contributed by atoms with Crippen LogP contribution in [0.4, 0.5) is 4.79 Å². The Morgan fingerprint density at radius 1 is 1.14 bits per heavy atom. The molecule has 4 rings (SSSR count). The number of urea groups is 1. The standard InChI is InChI=1S/C20H12BrClN2O5/c21-15-5-3-11(8-16(15)22)17-6-4-12(29-17)9-14-18(25)23-20(27)24(19(14)26)10-13-2-1-7-28-13/h1-9H,10H2,(H,23,25,27)/b14-9+. The summed E-state index contributed by atoms with van der Waals surface area (Å²) in [4.78, 5) is 37.8. The summed E-state index contributed by atoms with van der Waals surface area (Å²) >= 11 is 9.43. The summed E-state index contributed by atoms with van der Waals surface area (Å²) in [6.45, 7) is -0.0942. The lowest BCUT2D eigenvalue weighted by Crippen LogP contribution is -2.53. The number of halogens is 2. The Morgan fingerprint density at radius 2 is 1.97 bits per heavy atom. The van der Waals surface area contributed by atoms with Gasteiger partial charge in [-0.2, -0.15) is 0 Å². The maximum Gasteiger partial charge on any atom is 0.331 e. The van der Waals surface area contributed by atoms with Gasteiger partial charge in [0.05, 0.1) is 17.8 Å². The molecule has 0 spiro atoms. The number of carbonyl (C=O) groups excluding carboxylic acids is 3. The highest BCUT2D eigenvalue weighted by atomic mass is 79.9. The lowest BCUT2D eigenvalue weighted by atomic mass is 10.1. The van der Waals surface area contributed by atoms with E-state index in [0.29, 0.717) is 16.5 Å². The largest absolute Gasteiger partial charge is 0.467 e. The van der Waals surface area contributed by atoms with E-state index < -0.39 is 17.8 Å². The zero-order chi connectivity index (χ0) is 20.5. The molecule has 1 aromatic carbocycles. The van der Waals surface area contributed by atoms with Gasteiger partial charge in [-0.3, -0.25) is 19.8 Å². The van der Waals surface area contributed by atoms with Gasteiger partial charge in [-0.1, -0.05) is 17.7 Å². The van der Waals surface area contributed by atoms with Crippen molar-refractivity contribution in [3.63, 3.8) is 0 Å². The average Bonchev–Trinajstić information content (AvgIpc) is 3.36. The molecule has 4 amide bonds. The smallest absolute Gasteiger partial charge is 0.331 e. The Hall–Kier alpha value is -3.10. The van der Waals surface area contributed by atoms with Crippen LogP contribution in [0.1, 0.15) is 11.5 Å². The molecule has 1 saturated heterocycles. The van der Waals surface area contributed by atoms with E-state index in [1.165, 1.54) is 12.3 Å². The van der Waals surface area contributed by atoms with Crippen LogP contribution in [0.3, 0.4) is 0 Å². The van der Waals surface area contributed by atoms with Gasteiger partial charge in [0.15, 0.2) is 0 Å². The van der Waals surface area contributed by atoms with Crippen molar-refractivity contribution in [3.05, 3.63) is 75.3 Å². The Bertz CT molecular complexity index is 1150. The molecular formula is C20H12BrClN2O5. The third-order valence-electron chi connectivity index (χ3n) is 4.20. The van der Waals surface area contributed by atoms with Gasteiger partial charge < -0.3 is 8.83 Å². The highest BCUT2D eigenvalue weighted by Crippen LogP contribution is 2.30. The van der Waals surface area contributed by atoms with Gasteiger partial charge in [-0.05, 0) is 58.4 Å². The highest BCUT2D eigenvalue weighted by molar-refractivity contribution is 9.10. The zero-order valence-electron chi connectivity index (χ0n) is 14.6. The topological polar surface area (TPSA) is 92.8 Å². The van der Waals surface area contributed by atoms with E-state index in [1.54, 1.807) is 36.4 Å². The maximum absolute atomic E-state index is 12.7. The quantitative estimate of drug-likeness (QED) is 0.439. The number of nitrogens with one attached hydrogen (secondary N) is 1. The van der Waals surface area contributed by atoms with Gasteiger partial charge in [0.2, 0.25) is 0 Å². The van der Waals surface area contributed by atoms with Gasteiger partial charge in [0.25, 0.3) is 11.8 Å². The fourth-order valence-electron chi connectivity index (χ4n) is 2.77. The van der Waals surface area contributed by atoms with Crippen molar-refractivity contribution in [3.8, 4) is 11.3 Å². The molecule has 1 N–H and O–H groups in total. The zero-order valence-corrected chi connectivity index (χ0v) is 17.0. The monoisotopic (exact) mass is 474 g/mol. The molecule has 9 heteroatoms. The van der Waals surface area contributed by atoms with E-state index in [2.05, 4.69) is 21.2 Å². The van der Waals surface area contributed by atoms with Crippen molar-refractivity contribution in [2.75, 3.05) is 0 Å². The summed E-state index contributed by atoms with van der Waals surface area (Å²) < 4.78 is 11.7. The van der Waals surface area contributed by atoms with Crippen LogP contribution < -0.4 is 5.32 Å². The van der Waals surface area contributed by atoms with Crippen LogP contribution in [0, 0.1) is 0 Å². The van der Waals surface area contributed by atoms with Crippen molar-refractivity contribution in [2.45, 2.75) is 6.54 Å². The van der Waals surface area contributed by atoms with Crippen molar-refractivity contribution >= 4 is 51.5 Å². The second-order valence-corrected chi connectivity index (χ2v) is 7.38. The number of rotatable bonds is 4. The van der Waals surface area contributed by atoms with Crippen molar-refractivity contribution < 1.29 is 23.2 Å². The Balaban J connectivity index is 1.61. The summed E-state index contributed by atoms with van der Waals surface area (Å²) in [6, 6.07) is 11.1. The average molecular weight is 476 g/mol. The van der Waals surface area contributed by atoms with Gasteiger partial charge >= 0.3 is 6.03 Å². The number of carbonyl (C=O) groups is 3. The predicted octanol–water partition coefficient (Wildman–Crippen LogP) is 4.62. The molecule has 1 aliphatic rings. The minimum atomic E-state index is -0.807. The molecule has 3 heterocycles. The summed E-state index contributed by atoms with van der Waals surface area (Å²) in [7, 11) is 0. The van der Waals surface area contributed by atoms with E-state index in [4.69, 9.17) is 20.4 Å². The normalized spacial score (nSPS) is 15.9. The van der Waals surface area contributed by atoms with E-state index in [9.17, 15) is 14.4 Å². The Morgan fingerprint density at radius 3 is 2.69 bits per heavy atom. The second kappa shape index (κ2) is 7.73. The summed E-state index contributed by atoms with van der Waals surface area (Å²) in [5, 5.41) is 2.67. The molecular weight excluding hydrogens is 464 g/mol. The number of imide groups is 2. The van der Waals surface area contributed by atoms with Crippen LogP contribution in [0.5, 0.6) is 0 Å². The first-order valence-electron chi connectivity index (χ1n) is 8.39. The number of furan rings is 2. The number of barbiturate groups is 1. The fourth-order valence-corrected chi connectivity index (χ4v) is 3.20. The first-order chi connectivity index (χ1) is 13.9. The van der Waals surface area contributed by atoms with E-state index >= 15 is 0 Å². The van der Waals surface area contributed by atoms with Gasteiger partial charge in [-0.15, -0.1) is 0 Å². The van der Waals surface area contributed by atoms with E-state index in [0.717, 1.165) is 14.9 Å². The van der Waals surface area contributed by atoms with Crippen LogP contribution in [-0.4, -0.2) is 22.7 Å². The van der Waals surface area contributed by atoms with Crippen LogP contribution in [0.25, 0.3) is 17.4 Å². The summed E-state index contributed by atoms with van der Waals surface area (Å²) in [5.74, 6) is -0.321. The van der Waals surface area contributed by atoms with Crippen molar-refractivity contribution in [1.82, 2.24) is 10.2 Å². The first kappa shape index (κ1) is 19.2. The van der Waals surface area contributed by atoms with Crippen LogP contribution in [0.2, 0.25) is 5.02 Å². The second-order valence-electron chi connectivity index (χ2n) is 6.12. The van der Waals surface area contributed by atoms with E-state index in [1.807, 2.05) is 6.07 Å². The predicted molar refractivity (Wildman–Crippen MR) is 108 cm³/mol. The van der Waals surface area contributed by atoms with Gasteiger partial charge in [0.1, 0.15) is 22.9 Å². The van der Waals surface area contributed by atoms with Crippen LogP contribution in [0.15, 0.2) is 67.6 Å². The minimum Gasteiger partial charge on any atom is -0.467 e. The van der Waals surface area contributed by atoms with Crippen LogP contribution >= 0.6 is 27.5 Å². The fraction of sp³-hybridized carbons (Fsp3) is 0.0500. The molecule has 0 atom stereocenters. The van der Waals surface area contributed by atoms with Gasteiger partial charge in [0, 0.05) is 10.0 Å². The minimum absolute atomic E-state index is 0.0942. The molecule has 1 aliphatic heterocycles. The summed E-state index contributed by atoms with van der Waals surface area (Å²) in [5.41, 5.74) is 0.516. The summed E-state index contributed by atoms with van der Waals surface area (Å²) in [6.07, 6.45) is 2.73. The molecule has 0 saturated carbocycles. The number of amides is 4. The maximum atomic E-state index is 12.7. The lowest BCUT2D eigenvalue weighted by molar-refractivity contribution is -0.130. The number of benzene rings is 1. The number of nitrogens with zero attached hydrogens (tertiary/aromatic N) is 1. The highest BCUT2D eigenvalue weighted by Gasteiger charge is 2.36. The van der Waals surface area contributed by atoms with Gasteiger partial charge in [-0.25, -0.2) is 4.79 Å². The number of hydrogen-bond donors (Lipinski definition) is 1. The van der Waals surface area contributed by atoms with Crippen molar-refractivity contribution in [1.29, 1.82) is 0 Å². The SMILES string of the molecule is O=C1NC(=O)N(Cc2ccco2)C(=O)/C1=C/c1ccc(-c2ccc(Br)c(Cl)c2)o1. The van der Waals surface area contributed by atoms with Crippen molar-refractivity contribution in [2.24, 2.45) is 0 Å². The van der Waals surface area contributed by atoms with Crippen LogP contribution in [-0.2, 0) is 16.1 Å². The van der Waals surface area contributed by atoms with E-state index in [-0.39, 0.29) is 17.9 Å². The number of hydrogen-bond acceptors (Lipinski definition) is 5. The molecule has 146 valence electrons. The molecule has 0 unspecified atom stereocenters. The molecule has 1 fully saturated rings. The Kier molecular flexibility index (Phi) is 5.12. The Labute approximate surface area is 178 Å². The molecule has 7 nitrogen and oxygen atoms in total. The molecule has 0 bridgehead atoms. The molecule has 3 aromatic rings. The molecule has 2 aromatic heterocycles. The molecule has 29 heavy (non-hydrogen) atoms. The third kappa shape index (κ3) is 3.90. The molecule has 0 radical (unpaired) electrons. The lowest BCUT2D eigenvalue weighted by Gasteiger charge is -2.25. The molecule has 0 aliphatic carbocycles.